The zero-order valence-corrected chi connectivity index (χ0v) is 13.0. The van der Waals surface area contributed by atoms with Crippen LogP contribution in [0.4, 0.5) is 8.78 Å². The van der Waals surface area contributed by atoms with Gasteiger partial charge in [0, 0.05) is 12.1 Å². The summed E-state index contributed by atoms with van der Waals surface area (Å²) in [6.45, 7) is 2.22. The molecule has 1 aromatic carbocycles. The monoisotopic (exact) mass is 298 g/mol. The van der Waals surface area contributed by atoms with Gasteiger partial charge in [-0.15, -0.1) is 0 Å². The van der Waals surface area contributed by atoms with Crippen LogP contribution in [-0.4, -0.2) is 0 Å². The molecule has 0 aromatic heterocycles. The van der Waals surface area contributed by atoms with Gasteiger partial charge in [-0.3, -0.25) is 11.3 Å². The first-order valence-corrected chi connectivity index (χ1v) is 8.09. The van der Waals surface area contributed by atoms with Crippen LogP contribution in [0.5, 0.6) is 0 Å². The van der Waals surface area contributed by atoms with Crippen LogP contribution in [0.25, 0.3) is 0 Å². The maximum absolute atomic E-state index is 13.2. The third-order valence-corrected chi connectivity index (χ3v) is 3.83. The molecule has 0 radical (unpaired) electrons. The first kappa shape index (κ1) is 18.1. The number of nitrogens with one attached hydrogen (secondary N) is 1. The van der Waals surface area contributed by atoms with Crippen molar-refractivity contribution in [3.8, 4) is 0 Å². The first-order chi connectivity index (χ1) is 10.2. The molecular weight excluding hydrogens is 270 g/mol. The van der Waals surface area contributed by atoms with E-state index in [2.05, 4.69) is 12.3 Å². The molecule has 0 fully saturated rings. The molecular formula is C17H28F2N2. The number of nitrogens with two attached hydrogens (primary N) is 1. The van der Waals surface area contributed by atoms with E-state index in [9.17, 15) is 8.78 Å². The molecule has 120 valence electrons. The third kappa shape index (κ3) is 7.53. The van der Waals surface area contributed by atoms with Gasteiger partial charge in [0.05, 0.1) is 0 Å². The smallest absolute Gasteiger partial charge is 0.126 e. The van der Waals surface area contributed by atoms with Gasteiger partial charge in [-0.1, -0.05) is 58.3 Å². The second-order valence-corrected chi connectivity index (χ2v) is 5.69. The van der Waals surface area contributed by atoms with Crippen molar-refractivity contribution >= 4 is 0 Å². The van der Waals surface area contributed by atoms with Crippen molar-refractivity contribution in [3.05, 3.63) is 35.4 Å². The van der Waals surface area contributed by atoms with Crippen LogP contribution < -0.4 is 11.3 Å². The van der Waals surface area contributed by atoms with E-state index in [-0.39, 0.29) is 6.04 Å². The van der Waals surface area contributed by atoms with E-state index in [0.29, 0.717) is 5.56 Å². The first-order valence-electron chi connectivity index (χ1n) is 8.09. The normalized spacial score (nSPS) is 12.6. The summed E-state index contributed by atoms with van der Waals surface area (Å²) in [6.07, 6.45) is 10.7. The molecule has 3 N–H and O–H groups in total. The van der Waals surface area contributed by atoms with Crippen molar-refractivity contribution in [2.75, 3.05) is 0 Å². The van der Waals surface area contributed by atoms with Crippen LogP contribution in [-0.2, 0) is 0 Å². The highest BCUT2D eigenvalue weighted by atomic mass is 19.1. The molecule has 0 saturated carbocycles. The lowest BCUT2D eigenvalue weighted by Crippen LogP contribution is -2.28. The summed E-state index contributed by atoms with van der Waals surface area (Å²) in [5.41, 5.74) is 3.24. The Kier molecular flexibility index (Phi) is 9.19. The summed E-state index contributed by atoms with van der Waals surface area (Å²) < 4.78 is 26.4. The molecule has 0 saturated heterocycles. The van der Waals surface area contributed by atoms with Gasteiger partial charge in [0.1, 0.15) is 11.6 Å². The highest BCUT2D eigenvalue weighted by Crippen LogP contribution is 2.21. The second kappa shape index (κ2) is 10.7. The number of hydrogen-bond acceptors (Lipinski definition) is 2. The van der Waals surface area contributed by atoms with E-state index in [0.717, 1.165) is 25.3 Å². The van der Waals surface area contributed by atoms with E-state index >= 15 is 0 Å². The van der Waals surface area contributed by atoms with E-state index in [4.69, 9.17) is 5.84 Å². The number of benzene rings is 1. The van der Waals surface area contributed by atoms with E-state index < -0.39 is 11.6 Å². The van der Waals surface area contributed by atoms with Crippen LogP contribution in [0.3, 0.4) is 0 Å². The van der Waals surface area contributed by atoms with Gasteiger partial charge in [-0.05, 0) is 24.1 Å². The lowest BCUT2D eigenvalue weighted by atomic mass is 9.99. The number of halogens is 2. The molecule has 1 rings (SSSR count). The number of hydrazine groups is 1. The fourth-order valence-corrected chi connectivity index (χ4v) is 2.60. The Hall–Kier alpha value is -1.00. The summed E-state index contributed by atoms with van der Waals surface area (Å²) in [4.78, 5) is 0. The number of hydrogen-bond donors (Lipinski definition) is 2. The van der Waals surface area contributed by atoms with Gasteiger partial charge < -0.3 is 0 Å². The Morgan fingerprint density at radius 2 is 1.43 bits per heavy atom. The molecule has 0 aliphatic carbocycles. The molecule has 1 unspecified atom stereocenters. The zero-order chi connectivity index (χ0) is 15.5. The highest BCUT2D eigenvalue weighted by molar-refractivity contribution is 5.21. The average Bonchev–Trinajstić information content (AvgIpc) is 2.44. The lowest BCUT2D eigenvalue weighted by Gasteiger charge is -2.16. The summed E-state index contributed by atoms with van der Waals surface area (Å²) in [6, 6.07) is 3.39. The van der Waals surface area contributed by atoms with E-state index in [1.165, 1.54) is 50.7 Å². The lowest BCUT2D eigenvalue weighted by molar-refractivity contribution is 0.469. The maximum atomic E-state index is 13.2. The Bertz CT molecular complexity index is 376. The topological polar surface area (TPSA) is 38.0 Å². The highest BCUT2D eigenvalue weighted by Gasteiger charge is 2.11. The third-order valence-electron chi connectivity index (χ3n) is 3.83. The molecule has 0 spiro atoms. The summed E-state index contributed by atoms with van der Waals surface area (Å²) >= 11 is 0. The molecule has 0 heterocycles. The van der Waals surface area contributed by atoms with Gasteiger partial charge in [-0.25, -0.2) is 8.78 Å². The fourth-order valence-electron chi connectivity index (χ4n) is 2.60. The predicted octanol–water partition coefficient (Wildman–Crippen LogP) is 5.00. The molecule has 0 bridgehead atoms. The van der Waals surface area contributed by atoms with Gasteiger partial charge in [-0.2, -0.15) is 0 Å². The minimum atomic E-state index is -0.554. The summed E-state index contributed by atoms with van der Waals surface area (Å²) in [5, 5.41) is 0. The quantitative estimate of drug-likeness (QED) is 0.343. The van der Waals surface area contributed by atoms with Gasteiger partial charge in [0.25, 0.3) is 0 Å². The van der Waals surface area contributed by atoms with Crippen LogP contribution in [0.1, 0.15) is 76.3 Å². The van der Waals surface area contributed by atoms with Crippen molar-refractivity contribution in [2.24, 2.45) is 5.84 Å². The number of rotatable bonds is 11. The zero-order valence-electron chi connectivity index (χ0n) is 13.0. The standard InChI is InChI=1S/C17H28F2N2/c1-2-3-4-5-6-7-8-9-10-17(21-20)14-11-15(18)13-16(19)12-14/h11-13,17,21H,2-10,20H2,1H3. The maximum Gasteiger partial charge on any atom is 0.126 e. The fraction of sp³-hybridized carbons (Fsp3) is 0.647. The molecule has 0 aliphatic rings. The second-order valence-electron chi connectivity index (χ2n) is 5.69. The van der Waals surface area contributed by atoms with E-state index in [1.54, 1.807) is 0 Å². The Morgan fingerprint density at radius 3 is 1.95 bits per heavy atom. The van der Waals surface area contributed by atoms with Crippen molar-refractivity contribution in [1.29, 1.82) is 0 Å². The molecule has 2 nitrogen and oxygen atoms in total. The minimum absolute atomic E-state index is 0.185. The molecule has 0 aliphatic heterocycles. The van der Waals surface area contributed by atoms with Crippen LogP contribution in [0.15, 0.2) is 18.2 Å². The van der Waals surface area contributed by atoms with Gasteiger partial charge >= 0.3 is 0 Å². The largest absolute Gasteiger partial charge is 0.271 e. The minimum Gasteiger partial charge on any atom is -0.271 e. The summed E-state index contributed by atoms with van der Waals surface area (Å²) in [5.74, 6) is 4.40. The van der Waals surface area contributed by atoms with E-state index in [1.807, 2.05) is 0 Å². The van der Waals surface area contributed by atoms with Crippen LogP contribution in [0.2, 0.25) is 0 Å². The van der Waals surface area contributed by atoms with Crippen LogP contribution in [0, 0.1) is 11.6 Å². The summed E-state index contributed by atoms with van der Waals surface area (Å²) in [7, 11) is 0. The Balaban J connectivity index is 2.25. The Morgan fingerprint density at radius 1 is 0.905 bits per heavy atom. The molecule has 1 aromatic rings. The van der Waals surface area contributed by atoms with Gasteiger partial charge in [0.2, 0.25) is 0 Å². The van der Waals surface area contributed by atoms with Crippen LogP contribution >= 0.6 is 0 Å². The van der Waals surface area contributed by atoms with Gasteiger partial charge in [0.15, 0.2) is 0 Å². The molecule has 4 heteroatoms. The molecule has 21 heavy (non-hydrogen) atoms. The van der Waals surface area contributed by atoms with Crippen molar-refractivity contribution < 1.29 is 8.78 Å². The van der Waals surface area contributed by atoms with Crippen molar-refractivity contribution in [1.82, 2.24) is 5.43 Å². The predicted molar refractivity (Wildman–Crippen MR) is 83.6 cm³/mol. The average molecular weight is 298 g/mol. The molecule has 1 atom stereocenters. The van der Waals surface area contributed by atoms with Crippen molar-refractivity contribution in [2.45, 2.75) is 70.8 Å². The SMILES string of the molecule is CCCCCCCCCCC(NN)c1cc(F)cc(F)c1. The Labute approximate surface area is 127 Å². The van der Waals surface area contributed by atoms with Crippen molar-refractivity contribution in [3.63, 3.8) is 0 Å². The molecule has 0 amide bonds. The number of unbranched alkanes of at least 4 members (excludes halogenated alkanes) is 7.